The molecule has 0 saturated carbocycles. The van der Waals surface area contributed by atoms with Crippen molar-refractivity contribution in [1.82, 2.24) is 15.1 Å². The van der Waals surface area contributed by atoms with Crippen LogP contribution in [0.2, 0.25) is 5.02 Å². The summed E-state index contributed by atoms with van der Waals surface area (Å²) < 4.78 is 5.57. The van der Waals surface area contributed by atoms with E-state index in [2.05, 4.69) is 119 Å². The Morgan fingerprint density at radius 2 is 1.64 bits per heavy atom. The standard InChI is InChI=1S/C49H62ClN5O2S/c1-4-49(3)22-20-46(39-11-15-42(50)16-12-39)41(33-49)35-54-24-26-55(27-25-54)44-17-13-40(14-18-44)48(56)51-34-38-10-19-47(37(2)32-38)52-43(21-23-53-28-30-57-31-29-53)36-58-45-8-6-5-7-9-45/h5-19,32,43,52H,4,20-31,33-36H2,1-3H3,(H,51,56)/t43-,49?/m1/s1. The normalized spacial score (nSPS) is 19.9. The zero-order valence-corrected chi connectivity index (χ0v) is 36.4. The zero-order valence-electron chi connectivity index (χ0n) is 34.8. The molecule has 9 heteroatoms. The molecule has 0 aromatic heterocycles. The molecule has 1 amide bonds. The van der Waals surface area contributed by atoms with Crippen LogP contribution in [0.3, 0.4) is 0 Å². The number of halogens is 1. The molecule has 2 fully saturated rings. The highest BCUT2D eigenvalue weighted by Crippen LogP contribution is 2.45. The summed E-state index contributed by atoms with van der Waals surface area (Å²) in [5.74, 6) is 0.943. The highest BCUT2D eigenvalue weighted by molar-refractivity contribution is 7.99. The van der Waals surface area contributed by atoms with Gasteiger partial charge in [-0.1, -0.05) is 79.9 Å². The lowest BCUT2D eigenvalue weighted by Gasteiger charge is -2.40. The van der Waals surface area contributed by atoms with Crippen molar-refractivity contribution in [2.24, 2.45) is 5.41 Å². The van der Waals surface area contributed by atoms with Crippen molar-refractivity contribution in [2.75, 3.05) is 81.5 Å². The number of aryl methyl sites for hydroxylation is 1. The molecule has 7 rings (SSSR count). The first kappa shape index (κ1) is 42.3. The van der Waals surface area contributed by atoms with Crippen molar-refractivity contribution >= 4 is 46.2 Å². The van der Waals surface area contributed by atoms with Gasteiger partial charge in [0.2, 0.25) is 0 Å². The van der Waals surface area contributed by atoms with Gasteiger partial charge in [-0.2, -0.15) is 0 Å². The summed E-state index contributed by atoms with van der Waals surface area (Å²) in [6, 6.07) is 34.1. The lowest BCUT2D eigenvalue weighted by atomic mass is 9.70. The molecule has 0 spiro atoms. The van der Waals surface area contributed by atoms with Crippen molar-refractivity contribution < 1.29 is 9.53 Å². The number of benzene rings is 4. The second-order valence-electron chi connectivity index (χ2n) is 16.8. The molecule has 308 valence electrons. The van der Waals surface area contributed by atoms with Crippen LogP contribution in [0.15, 0.2) is 108 Å². The summed E-state index contributed by atoms with van der Waals surface area (Å²) in [6.07, 6.45) is 5.82. The van der Waals surface area contributed by atoms with E-state index in [1.54, 1.807) is 5.57 Å². The fraction of sp³-hybridized carbons (Fsp3) is 0.449. The van der Waals surface area contributed by atoms with Gasteiger partial charge >= 0.3 is 0 Å². The second kappa shape index (κ2) is 20.5. The van der Waals surface area contributed by atoms with E-state index in [0.717, 1.165) is 100 Å². The minimum absolute atomic E-state index is 0.0475. The second-order valence-corrected chi connectivity index (χ2v) is 18.3. The third-order valence-electron chi connectivity index (χ3n) is 12.6. The van der Waals surface area contributed by atoms with Crippen LogP contribution in [0, 0.1) is 12.3 Å². The Bertz CT molecular complexity index is 1960. The summed E-state index contributed by atoms with van der Waals surface area (Å²) in [5.41, 5.74) is 10.1. The van der Waals surface area contributed by atoms with Gasteiger partial charge in [0, 0.05) is 97.6 Å². The number of piperazine rings is 1. The van der Waals surface area contributed by atoms with E-state index in [9.17, 15) is 4.79 Å². The van der Waals surface area contributed by atoms with Gasteiger partial charge < -0.3 is 20.3 Å². The number of nitrogens with one attached hydrogen (secondary N) is 2. The molecule has 2 atom stereocenters. The first-order valence-electron chi connectivity index (χ1n) is 21.4. The van der Waals surface area contributed by atoms with Gasteiger partial charge in [0.1, 0.15) is 0 Å². The molecule has 2 aliphatic heterocycles. The number of carbonyl (C=O) groups is 1. The molecule has 2 heterocycles. The van der Waals surface area contributed by atoms with Gasteiger partial charge in [-0.05, 0) is 115 Å². The fourth-order valence-corrected chi connectivity index (χ4v) is 9.72. The molecule has 3 aliphatic rings. The first-order chi connectivity index (χ1) is 28.2. The number of hydrogen-bond donors (Lipinski definition) is 2. The SMILES string of the molecule is CCC1(C)CCC(c2ccc(Cl)cc2)=C(CN2CCN(c3ccc(C(=O)NCc4ccc(N[C@H](CCN5CCOCC5)CSc5ccccc5)c(C)c4)cc3)CC2)C1. The molecule has 2 N–H and O–H groups in total. The molecule has 1 aliphatic carbocycles. The van der Waals surface area contributed by atoms with E-state index >= 15 is 0 Å². The van der Waals surface area contributed by atoms with Gasteiger partial charge in [0.05, 0.1) is 13.2 Å². The fourth-order valence-electron chi connectivity index (χ4n) is 8.60. The topological polar surface area (TPSA) is 60.1 Å². The molecule has 0 bridgehead atoms. The van der Waals surface area contributed by atoms with Crippen molar-refractivity contribution in [3.63, 3.8) is 0 Å². The van der Waals surface area contributed by atoms with E-state index in [4.69, 9.17) is 16.3 Å². The Morgan fingerprint density at radius 1 is 0.897 bits per heavy atom. The van der Waals surface area contributed by atoms with Crippen LogP contribution in [0.25, 0.3) is 5.57 Å². The predicted octanol–water partition coefficient (Wildman–Crippen LogP) is 10.0. The summed E-state index contributed by atoms with van der Waals surface area (Å²) in [7, 11) is 0. The Hall–Kier alpha value is -3.79. The number of rotatable bonds is 16. The van der Waals surface area contributed by atoms with E-state index in [0.29, 0.717) is 23.6 Å². The lowest BCUT2D eigenvalue weighted by molar-refractivity contribution is 0.0370. The van der Waals surface area contributed by atoms with Crippen LogP contribution in [0.4, 0.5) is 11.4 Å². The van der Waals surface area contributed by atoms with Crippen molar-refractivity contribution in [3.8, 4) is 0 Å². The Labute approximate surface area is 356 Å². The maximum atomic E-state index is 13.3. The van der Waals surface area contributed by atoms with Crippen LogP contribution in [0.5, 0.6) is 0 Å². The monoisotopic (exact) mass is 819 g/mol. The third-order valence-corrected chi connectivity index (χ3v) is 14.0. The predicted molar refractivity (Wildman–Crippen MR) is 245 cm³/mol. The molecule has 7 nitrogen and oxygen atoms in total. The summed E-state index contributed by atoms with van der Waals surface area (Å²) in [5, 5.41) is 7.82. The van der Waals surface area contributed by atoms with E-state index in [1.807, 2.05) is 36.0 Å². The summed E-state index contributed by atoms with van der Waals surface area (Å²) in [4.78, 5) is 22.2. The number of ether oxygens (including phenoxy) is 1. The summed E-state index contributed by atoms with van der Waals surface area (Å²) in [6.45, 7) is 17.2. The molecular weight excluding hydrogens is 758 g/mol. The van der Waals surface area contributed by atoms with E-state index in [-0.39, 0.29) is 5.91 Å². The average molecular weight is 821 g/mol. The lowest BCUT2D eigenvalue weighted by Crippen LogP contribution is -2.47. The maximum Gasteiger partial charge on any atom is 0.251 e. The van der Waals surface area contributed by atoms with Crippen LogP contribution < -0.4 is 15.5 Å². The minimum atomic E-state index is -0.0475. The smallest absolute Gasteiger partial charge is 0.251 e. The number of anilines is 2. The number of carbonyl (C=O) groups excluding carboxylic acids is 1. The zero-order chi connectivity index (χ0) is 40.3. The number of thioether (sulfide) groups is 1. The van der Waals surface area contributed by atoms with Crippen LogP contribution in [0.1, 0.15) is 73.0 Å². The maximum absolute atomic E-state index is 13.3. The Morgan fingerprint density at radius 3 is 2.34 bits per heavy atom. The van der Waals surface area contributed by atoms with E-state index in [1.165, 1.54) is 46.5 Å². The average Bonchev–Trinajstić information content (AvgIpc) is 3.26. The van der Waals surface area contributed by atoms with Crippen LogP contribution >= 0.6 is 23.4 Å². The van der Waals surface area contributed by atoms with Gasteiger partial charge in [0.15, 0.2) is 0 Å². The van der Waals surface area contributed by atoms with Crippen LogP contribution in [-0.4, -0.2) is 93.1 Å². The molecule has 1 unspecified atom stereocenters. The summed E-state index contributed by atoms with van der Waals surface area (Å²) >= 11 is 8.15. The van der Waals surface area contributed by atoms with Gasteiger partial charge in [-0.15, -0.1) is 11.8 Å². The largest absolute Gasteiger partial charge is 0.381 e. The highest BCUT2D eigenvalue weighted by Gasteiger charge is 2.31. The molecule has 4 aromatic rings. The van der Waals surface area contributed by atoms with Crippen molar-refractivity contribution in [2.45, 2.75) is 70.4 Å². The molecular formula is C49H62ClN5O2S. The van der Waals surface area contributed by atoms with E-state index < -0.39 is 0 Å². The quantitative estimate of drug-likeness (QED) is 0.109. The number of allylic oxidation sites excluding steroid dienone is 1. The number of hydrogen-bond acceptors (Lipinski definition) is 7. The third kappa shape index (κ3) is 11.7. The number of nitrogens with zero attached hydrogens (tertiary/aromatic N) is 3. The number of morpholine rings is 1. The molecule has 4 aromatic carbocycles. The van der Waals surface area contributed by atoms with Crippen molar-refractivity contribution in [1.29, 1.82) is 0 Å². The van der Waals surface area contributed by atoms with Gasteiger partial charge in [-0.3, -0.25) is 14.6 Å². The van der Waals surface area contributed by atoms with Crippen LogP contribution in [-0.2, 0) is 11.3 Å². The minimum Gasteiger partial charge on any atom is -0.381 e. The highest BCUT2D eigenvalue weighted by atomic mass is 35.5. The van der Waals surface area contributed by atoms with Crippen molar-refractivity contribution in [3.05, 3.63) is 130 Å². The van der Waals surface area contributed by atoms with Gasteiger partial charge in [-0.25, -0.2) is 0 Å². The molecule has 58 heavy (non-hydrogen) atoms. The number of amides is 1. The Balaban J connectivity index is 0.894. The van der Waals surface area contributed by atoms with Gasteiger partial charge in [0.25, 0.3) is 5.91 Å². The molecule has 0 radical (unpaired) electrons. The first-order valence-corrected chi connectivity index (χ1v) is 22.8. The molecule has 2 saturated heterocycles. The Kier molecular flexibility index (Phi) is 14.9.